The molecule has 3 rings (SSSR count). The van der Waals surface area contributed by atoms with Crippen LogP contribution in [0.4, 0.5) is 11.6 Å². The topological polar surface area (TPSA) is 64.9 Å². The summed E-state index contributed by atoms with van der Waals surface area (Å²) in [5, 5.41) is 15.5. The van der Waals surface area contributed by atoms with Gasteiger partial charge in [0.1, 0.15) is 5.75 Å². The quantitative estimate of drug-likeness (QED) is 0.802. The molecule has 0 unspecified atom stereocenters. The Morgan fingerprint density at radius 3 is 2.43 bits per heavy atom. The number of anilines is 2. The number of tetrazole rings is 1. The van der Waals surface area contributed by atoms with Crippen molar-refractivity contribution < 1.29 is 4.74 Å². The normalized spacial score (nSPS) is 10.4. The third-order valence-corrected chi connectivity index (χ3v) is 3.14. The van der Waals surface area contributed by atoms with Gasteiger partial charge in [-0.05, 0) is 59.0 Å². The number of ether oxygens (including phenoxy) is 1. The molecule has 0 saturated heterocycles. The molecule has 0 aliphatic carbocycles. The van der Waals surface area contributed by atoms with E-state index in [0.717, 1.165) is 17.1 Å². The largest absolute Gasteiger partial charge is 0.497 e. The summed E-state index contributed by atoms with van der Waals surface area (Å²) in [6.07, 6.45) is 0. The molecular formula is C14H12ClN5O. The molecule has 0 aliphatic rings. The van der Waals surface area contributed by atoms with Crippen LogP contribution in [0.1, 0.15) is 0 Å². The van der Waals surface area contributed by atoms with E-state index >= 15 is 0 Å². The van der Waals surface area contributed by atoms with Gasteiger partial charge in [0.05, 0.1) is 12.8 Å². The second kappa shape index (κ2) is 5.80. The lowest BCUT2D eigenvalue weighted by molar-refractivity contribution is 0.415. The zero-order chi connectivity index (χ0) is 14.7. The van der Waals surface area contributed by atoms with Crippen molar-refractivity contribution in [1.82, 2.24) is 20.2 Å². The van der Waals surface area contributed by atoms with Crippen LogP contribution in [0.5, 0.6) is 5.75 Å². The van der Waals surface area contributed by atoms with E-state index in [1.165, 1.54) is 0 Å². The van der Waals surface area contributed by atoms with Gasteiger partial charge in [0.25, 0.3) is 5.95 Å². The number of rotatable bonds is 4. The molecule has 0 aliphatic heterocycles. The lowest BCUT2D eigenvalue weighted by Gasteiger charge is -2.07. The van der Waals surface area contributed by atoms with Gasteiger partial charge in [0.15, 0.2) is 0 Å². The van der Waals surface area contributed by atoms with Gasteiger partial charge in [-0.2, -0.15) is 4.68 Å². The van der Waals surface area contributed by atoms with E-state index in [0.29, 0.717) is 11.0 Å². The molecule has 21 heavy (non-hydrogen) atoms. The number of halogens is 1. The van der Waals surface area contributed by atoms with Crippen LogP contribution in [0.25, 0.3) is 5.69 Å². The summed E-state index contributed by atoms with van der Waals surface area (Å²) < 4.78 is 6.72. The number of aromatic nitrogens is 4. The van der Waals surface area contributed by atoms with Gasteiger partial charge in [-0.3, -0.25) is 0 Å². The molecule has 0 spiro atoms. The van der Waals surface area contributed by atoms with Crippen molar-refractivity contribution in [3.05, 3.63) is 53.6 Å². The maximum absolute atomic E-state index is 5.88. The van der Waals surface area contributed by atoms with Crippen molar-refractivity contribution in [2.75, 3.05) is 12.4 Å². The van der Waals surface area contributed by atoms with Crippen molar-refractivity contribution in [3.63, 3.8) is 0 Å². The molecule has 3 aromatic rings. The molecule has 1 N–H and O–H groups in total. The lowest BCUT2D eigenvalue weighted by atomic mass is 10.3. The van der Waals surface area contributed by atoms with Gasteiger partial charge in [0.2, 0.25) is 0 Å². The minimum absolute atomic E-state index is 0.516. The van der Waals surface area contributed by atoms with Gasteiger partial charge >= 0.3 is 0 Å². The van der Waals surface area contributed by atoms with Gasteiger partial charge in [-0.25, -0.2) is 0 Å². The van der Waals surface area contributed by atoms with Crippen LogP contribution in [0.15, 0.2) is 48.5 Å². The second-order valence-corrected chi connectivity index (χ2v) is 4.68. The fourth-order valence-corrected chi connectivity index (χ4v) is 1.95. The Bertz CT molecular complexity index is 724. The highest BCUT2D eigenvalue weighted by atomic mass is 35.5. The first-order valence-electron chi connectivity index (χ1n) is 6.21. The Morgan fingerprint density at radius 1 is 1.05 bits per heavy atom. The van der Waals surface area contributed by atoms with Gasteiger partial charge in [0, 0.05) is 10.7 Å². The highest BCUT2D eigenvalue weighted by Gasteiger charge is 2.08. The predicted octanol–water partition coefficient (Wildman–Crippen LogP) is 3.07. The molecule has 2 aromatic carbocycles. The van der Waals surface area contributed by atoms with E-state index in [4.69, 9.17) is 16.3 Å². The van der Waals surface area contributed by atoms with E-state index in [2.05, 4.69) is 20.8 Å². The minimum Gasteiger partial charge on any atom is -0.497 e. The number of hydrogen-bond acceptors (Lipinski definition) is 5. The van der Waals surface area contributed by atoms with E-state index in [1.54, 1.807) is 23.9 Å². The Morgan fingerprint density at radius 2 is 1.76 bits per heavy atom. The monoisotopic (exact) mass is 301 g/mol. The van der Waals surface area contributed by atoms with Gasteiger partial charge < -0.3 is 10.1 Å². The predicted molar refractivity (Wildman–Crippen MR) is 80.4 cm³/mol. The van der Waals surface area contributed by atoms with Crippen molar-refractivity contribution in [1.29, 1.82) is 0 Å². The third kappa shape index (κ3) is 2.95. The Balaban J connectivity index is 1.86. The molecule has 6 nitrogen and oxygen atoms in total. The highest BCUT2D eigenvalue weighted by Crippen LogP contribution is 2.20. The van der Waals surface area contributed by atoms with E-state index in [-0.39, 0.29) is 0 Å². The first-order valence-corrected chi connectivity index (χ1v) is 6.59. The highest BCUT2D eigenvalue weighted by molar-refractivity contribution is 6.30. The van der Waals surface area contributed by atoms with Crippen LogP contribution in [-0.2, 0) is 0 Å². The average Bonchev–Trinajstić information content (AvgIpc) is 2.97. The number of methoxy groups -OCH3 is 1. The second-order valence-electron chi connectivity index (χ2n) is 4.24. The van der Waals surface area contributed by atoms with E-state index < -0.39 is 0 Å². The minimum atomic E-state index is 0.516. The van der Waals surface area contributed by atoms with Crippen LogP contribution < -0.4 is 10.1 Å². The molecule has 0 saturated carbocycles. The summed E-state index contributed by atoms with van der Waals surface area (Å²) in [4.78, 5) is 0. The molecule has 1 heterocycles. The Kier molecular flexibility index (Phi) is 3.70. The average molecular weight is 302 g/mol. The lowest BCUT2D eigenvalue weighted by Crippen LogP contribution is -2.03. The fourth-order valence-electron chi connectivity index (χ4n) is 1.82. The maximum atomic E-state index is 5.88. The first kappa shape index (κ1) is 13.4. The van der Waals surface area contributed by atoms with Crippen molar-refractivity contribution in [2.45, 2.75) is 0 Å². The fraction of sp³-hybridized carbons (Fsp3) is 0.0714. The smallest absolute Gasteiger partial charge is 0.252 e. The van der Waals surface area contributed by atoms with Gasteiger partial charge in [-0.15, -0.1) is 0 Å². The molecule has 0 bridgehead atoms. The first-order chi connectivity index (χ1) is 10.3. The zero-order valence-electron chi connectivity index (χ0n) is 11.2. The Hall–Kier alpha value is -2.60. The summed E-state index contributed by atoms with van der Waals surface area (Å²) in [6, 6.07) is 14.8. The van der Waals surface area contributed by atoms with Crippen LogP contribution in [0.2, 0.25) is 5.02 Å². The number of hydrogen-bond donors (Lipinski definition) is 1. The van der Waals surface area contributed by atoms with E-state index in [9.17, 15) is 0 Å². The molecule has 1 aromatic heterocycles. The standard InChI is InChI=1S/C14H12ClN5O/c1-21-13-8-4-11(5-9-13)16-14-17-18-19-20(14)12-6-2-10(15)3-7-12/h2-9H,1H3,(H,16,17,19). The number of benzene rings is 2. The van der Waals surface area contributed by atoms with E-state index in [1.807, 2.05) is 36.4 Å². The van der Waals surface area contributed by atoms with Crippen molar-refractivity contribution in [2.24, 2.45) is 0 Å². The van der Waals surface area contributed by atoms with Crippen LogP contribution in [0, 0.1) is 0 Å². The van der Waals surface area contributed by atoms with Crippen LogP contribution in [0.3, 0.4) is 0 Å². The SMILES string of the molecule is COc1ccc(Nc2nnnn2-c2ccc(Cl)cc2)cc1. The molecule has 0 fully saturated rings. The zero-order valence-corrected chi connectivity index (χ0v) is 11.9. The molecule has 7 heteroatoms. The molecular weight excluding hydrogens is 290 g/mol. The van der Waals surface area contributed by atoms with Crippen LogP contribution >= 0.6 is 11.6 Å². The summed E-state index contributed by atoms with van der Waals surface area (Å²) >= 11 is 5.88. The summed E-state index contributed by atoms with van der Waals surface area (Å²) in [5.74, 6) is 1.31. The summed E-state index contributed by atoms with van der Waals surface area (Å²) in [7, 11) is 1.63. The van der Waals surface area contributed by atoms with Gasteiger partial charge in [-0.1, -0.05) is 16.7 Å². The molecule has 0 amide bonds. The summed E-state index contributed by atoms with van der Waals surface area (Å²) in [5.41, 5.74) is 1.68. The van der Waals surface area contributed by atoms with Crippen LogP contribution in [-0.4, -0.2) is 27.3 Å². The summed E-state index contributed by atoms with van der Waals surface area (Å²) in [6.45, 7) is 0. The Labute approximate surface area is 126 Å². The van der Waals surface area contributed by atoms with Crippen molar-refractivity contribution >= 4 is 23.2 Å². The number of nitrogens with one attached hydrogen (secondary N) is 1. The maximum Gasteiger partial charge on any atom is 0.252 e. The molecule has 0 atom stereocenters. The number of nitrogens with zero attached hydrogens (tertiary/aromatic N) is 4. The molecule has 106 valence electrons. The van der Waals surface area contributed by atoms with Crippen molar-refractivity contribution in [3.8, 4) is 11.4 Å². The third-order valence-electron chi connectivity index (χ3n) is 2.89. The molecule has 0 radical (unpaired) electrons.